The molecule has 0 aliphatic heterocycles. The molecule has 1 N–H and O–H groups in total. The molecule has 0 aromatic carbocycles. The first kappa shape index (κ1) is 11.7. The maximum Gasteiger partial charge on any atom is 0.0825 e. The lowest BCUT2D eigenvalue weighted by molar-refractivity contribution is 0.00722. The monoisotopic (exact) mass is 221 g/mol. The summed E-state index contributed by atoms with van der Waals surface area (Å²) >= 11 is 0. The number of hydrogen-bond donors (Lipinski definition) is 1. The van der Waals surface area contributed by atoms with Crippen LogP contribution in [0.4, 0.5) is 0 Å². The van der Waals surface area contributed by atoms with E-state index < -0.39 is 5.60 Å². The fraction of sp³-hybridized carbons (Fsp3) is 0.714. The molecule has 16 heavy (non-hydrogen) atoms. The molecule has 0 radical (unpaired) electrons. The number of hydrogen-bond acceptors (Lipinski definition) is 1. The second-order valence-corrected chi connectivity index (χ2v) is 5.34. The van der Waals surface area contributed by atoms with Crippen LogP contribution in [-0.4, -0.2) is 15.3 Å². The van der Waals surface area contributed by atoms with Gasteiger partial charge in [0, 0.05) is 11.4 Å². The normalized spacial score (nSPS) is 20.7. The Morgan fingerprint density at radius 1 is 1.06 bits per heavy atom. The van der Waals surface area contributed by atoms with Crippen molar-refractivity contribution in [2.24, 2.45) is 0 Å². The summed E-state index contributed by atoms with van der Waals surface area (Å²) in [6.07, 6.45) is 6.84. The predicted octanol–water partition coefficient (Wildman–Crippen LogP) is 3.19. The number of nitrogens with zero attached hydrogens (tertiary/aromatic N) is 1. The van der Waals surface area contributed by atoms with Crippen LogP contribution in [-0.2, 0) is 6.54 Å². The van der Waals surface area contributed by atoms with Crippen LogP contribution in [0.25, 0.3) is 0 Å². The summed E-state index contributed by atoms with van der Waals surface area (Å²) in [7, 11) is 0. The fourth-order valence-corrected chi connectivity index (χ4v) is 2.79. The molecular weight excluding hydrogens is 198 g/mol. The number of rotatable bonds is 2. The van der Waals surface area contributed by atoms with Gasteiger partial charge in [-0.2, -0.15) is 0 Å². The second-order valence-electron chi connectivity index (χ2n) is 5.34. The third-order valence-corrected chi connectivity index (χ3v) is 3.90. The highest BCUT2D eigenvalue weighted by Gasteiger charge is 2.28. The van der Waals surface area contributed by atoms with Gasteiger partial charge in [0.2, 0.25) is 0 Å². The highest BCUT2D eigenvalue weighted by atomic mass is 16.3. The van der Waals surface area contributed by atoms with Crippen LogP contribution in [0.1, 0.15) is 49.9 Å². The van der Waals surface area contributed by atoms with E-state index in [1.807, 2.05) is 0 Å². The summed E-state index contributed by atoms with van der Waals surface area (Å²) in [5.41, 5.74) is 2.05. The van der Waals surface area contributed by atoms with Crippen molar-refractivity contribution in [2.75, 3.05) is 0 Å². The summed E-state index contributed by atoms with van der Waals surface area (Å²) in [6.45, 7) is 5.01. The molecular formula is C14H23NO. The quantitative estimate of drug-likeness (QED) is 0.762. The van der Waals surface area contributed by atoms with E-state index in [-0.39, 0.29) is 0 Å². The molecule has 2 heteroatoms. The molecule has 2 nitrogen and oxygen atoms in total. The summed E-state index contributed by atoms with van der Waals surface area (Å²) in [5.74, 6) is 0. The largest absolute Gasteiger partial charge is 0.388 e. The molecule has 0 unspecified atom stereocenters. The maximum atomic E-state index is 10.7. The lowest BCUT2D eigenvalue weighted by Gasteiger charge is -2.28. The number of aryl methyl sites for hydroxylation is 2. The van der Waals surface area contributed by atoms with Crippen LogP contribution in [0.5, 0.6) is 0 Å². The Bertz CT molecular complexity index is 326. The van der Waals surface area contributed by atoms with Crippen LogP contribution >= 0.6 is 0 Å². The standard InChI is InChI=1S/C14H23NO/c1-12-7-8-13(2)15(12)11-14(16)9-5-3-4-6-10-14/h7-8,16H,3-6,9-11H2,1-2H3. The first-order valence-electron chi connectivity index (χ1n) is 6.46. The van der Waals surface area contributed by atoms with E-state index >= 15 is 0 Å². The molecule has 1 heterocycles. The summed E-state index contributed by atoms with van der Waals surface area (Å²) in [6, 6.07) is 4.27. The number of aromatic nitrogens is 1. The highest BCUT2D eigenvalue weighted by Crippen LogP contribution is 2.29. The van der Waals surface area contributed by atoms with Crippen LogP contribution in [0, 0.1) is 13.8 Å². The molecule has 90 valence electrons. The van der Waals surface area contributed by atoms with E-state index in [1.54, 1.807) is 0 Å². The fourth-order valence-electron chi connectivity index (χ4n) is 2.79. The van der Waals surface area contributed by atoms with Crippen molar-refractivity contribution >= 4 is 0 Å². The van der Waals surface area contributed by atoms with Crippen molar-refractivity contribution in [3.05, 3.63) is 23.5 Å². The van der Waals surface area contributed by atoms with Gasteiger partial charge in [-0.3, -0.25) is 0 Å². The molecule has 1 fully saturated rings. The van der Waals surface area contributed by atoms with Gasteiger partial charge in [-0.1, -0.05) is 25.7 Å². The molecule has 1 aromatic rings. The van der Waals surface area contributed by atoms with Gasteiger partial charge in [0.15, 0.2) is 0 Å². The SMILES string of the molecule is Cc1ccc(C)n1CC1(O)CCCCCC1. The minimum Gasteiger partial charge on any atom is -0.388 e. The van der Waals surface area contributed by atoms with Crippen molar-refractivity contribution < 1.29 is 5.11 Å². The van der Waals surface area contributed by atoms with Crippen molar-refractivity contribution in [1.82, 2.24) is 4.57 Å². The Hall–Kier alpha value is -0.760. The first-order valence-corrected chi connectivity index (χ1v) is 6.46. The van der Waals surface area contributed by atoms with Crippen molar-refractivity contribution in [3.63, 3.8) is 0 Å². The van der Waals surface area contributed by atoms with Gasteiger partial charge in [0.25, 0.3) is 0 Å². The second kappa shape index (κ2) is 4.62. The van der Waals surface area contributed by atoms with Crippen LogP contribution in [0.15, 0.2) is 12.1 Å². The van der Waals surface area contributed by atoms with Crippen molar-refractivity contribution in [1.29, 1.82) is 0 Å². The van der Waals surface area contributed by atoms with Gasteiger partial charge in [0.05, 0.1) is 12.1 Å². The van der Waals surface area contributed by atoms with Crippen molar-refractivity contribution in [3.8, 4) is 0 Å². The van der Waals surface area contributed by atoms with Crippen LogP contribution in [0.3, 0.4) is 0 Å². The third-order valence-electron chi connectivity index (χ3n) is 3.90. The molecule has 0 atom stereocenters. The molecule has 1 saturated carbocycles. The van der Waals surface area contributed by atoms with Gasteiger partial charge in [0.1, 0.15) is 0 Å². The Labute approximate surface area is 98.3 Å². The highest BCUT2D eigenvalue weighted by molar-refractivity contribution is 5.14. The van der Waals surface area contributed by atoms with Gasteiger partial charge in [-0.05, 0) is 38.8 Å². The Morgan fingerprint density at radius 2 is 1.56 bits per heavy atom. The smallest absolute Gasteiger partial charge is 0.0825 e. The number of aliphatic hydroxyl groups is 1. The van der Waals surface area contributed by atoms with Gasteiger partial charge in [-0.15, -0.1) is 0 Å². The minimum absolute atomic E-state index is 0.467. The van der Waals surface area contributed by atoms with E-state index in [0.717, 1.165) is 19.4 Å². The topological polar surface area (TPSA) is 25.2 Å². The first-order chi connectivity index (χ1) is 7.61. The van der Waals surface area contributed by atoms with Gasteiger partial charge in [-0.25, -0.2) is 0 Å². The van der Waals surface area contributed by atoms with Crippen LogP contribution in [0.2, 0.25) is 0 Å². The molecule has 1 aliphatic rings. The lowest BCUT2D eigenvalue weighted by atomic mass is 9.94. The molecule has 0 bridgehead atoms. The van der Waals surface area contributed by atoms with Crippen molar-refractivity contribution in [2.45, 2.75) is 64.5 Å². The van der Waals surface area contributed by atoms with E-state index in [2.05, 4.69) is 30.5 Å². The zero-order valence-electron chi connectivity index (χ0n) is 10.5. The zero-order valence-corrected chi connectivity index (χ0v) is 10.5. The summed E-state index contributed by atoms with van der Waals surface area (Å²) in [5, 5.41) is 10.7. The van der Waals surface area contributed by atoms with Gasteiger partial charge >= 0.3 is 0 Å². The predicted molar refractivity (Wildman–Crippen MR) is 66.6 cm³/mol. The third kappa shape index (κ3) is 2.49. The maximum absolute atomic E-state index is 10.7. The Morgan fingerprint density at radius 3 is 2.06 bits per heavy atom. The van der Waals surface area contributed by atoms with E-state index in [9.17, 15) is 5.11 Å². The minimum atomic E-state index is -0.467. The summed E-state index contributed by atoms with van der Waals surface area (Å²) in [4.78, 5) is 0. The van der Waals surface area contributed by atoms with E-state index in [4.69, 9.17) is 0 Å². The molecule has 0 amide bonds. The Balaban J connectivity index is 2.12. The van der Waals surface area contributed by atoms with E-state index in [1.165, 1.54) is 37.1 Å². The lowest BCUT2D eigenvalue weighted by Crippen LogP contribution is -2.34. The molecule has 0 saturated heterocycles. The Kier molecular flexibility index (Phi) is 3.38. The molecule has 1 aliphatic carbocycles. The average molecular weight is 221 g/mol. The molecule has 0 spiro atoms. The average Bonchev–Trinajstić information content (AvgIpc) is 2.47. The molecule has 1 aromatic heterocycles. The van der Waals surface area contributed by atoms with Gasteiger partial charge < -0.3 is 9.67 Å². The summed E-state index contributed by atoms with van der Waals surface area (Å²) < 4.78 is 2.26. The zero-order chi connectivity index (χ0) is 11.6. The van der Waals surface area contributed by atoms with Crippen LogP contribution < -0.4 is 0 Å². The molecule has 2 rings (SSSR count). The van der Waals surface area contributed by atoms with E-state index in [0.29, 0.717) is 0 Å².